The van der Waals surface area contributed by atoms with Crippen molar-refractivity contribution in [2.45, 2.75) is 50.2 Å². The molecule has 5 heterocycles. The maximum Gasteiger partial charge on any atom is 0.211 e. The molecule has 3 saturated heterocycles. The van der Waals surface area contributed by atoms with E-state index in [-0.39, 0.29) is 41.7 Å². The Balaban J connectivity index is 1.10. The van der Waals surface area contributed by atoms with Crippen molar-refractivity contribution in [1.82, 2.24) is 25.1 Å². The van der Waals surface area contributed by atoms with Gasteiger partial charge < -0.3 is 14.4 Å². The zero-order valence-corrected chi connectivity index (χ0v) is 24.5. The number of hydrogen-bond donors (Lipinski definition) is 2. The number of methoxy groups -OCH3 is 1. The lowest BCUT2D eigenvalue weighted by Crippen LogP contribution is -2.73. The first kappa shape index (κ1) is 27.6. The molecule has 212 valence electrons. The van der Waals surface area contributed by atoms with Crippen molar-refractivity contribution in [2.75, 3.05) is 44.4 Å². The minimum atomic E-state index is -3.10. The topological polar surface area (TPSA) is 109 Å². The number of halogens is 2. The molecule has 1 saturated carbocycles. The molecule has 0 radical (unpaired) electrons. The number of rotatable bonds is 7. The van der Waals surface area contributed by atoms with Gasteiger partial charge in [0.25, 0.3) is 0 Å². The average Bonchev–Trinajstić information content (AvgIpc) is 3.24. The number of hydrogen-bond acceptors (Lipinski definition) is 9. The summed E-state index contributed by atoms with van der Waals surface area (Å²) < 4.78 is 37.4. The van der Waals surface area contributed by atoms with Crippen LogP contribution in [0.3, 0.4) is 0 Å². The summed E-state index contributed by atoms with van der Waals surface area (Å²) in [6.07, 6.45) is 7.49. The molecule has 2 aromatic heterocycles. The maximum absolute atomic E-state index is 11.7. The van der Waals surface area contributed by atoms with E-state index in [1.807, 2.05) is 13.1 Å². The molecule has 6 rings (SSSR count). The number of aromatic nitrogens is 2. The van der Waals surface area contributed by atoms with Gasteiger partial charge in [0.05, 0.1) is 40.7 Å². The second-order valence-electron chi connectivity index (χ2n) is 11.5. The van der Waals surface area contributed by atoms with Gasteiger partial charge in [-0.3, -0.25) is 10.4 Å². The zero-order chi connectivity index (χ0) is 27.5. The molecular formula is C26H34Cl2N6O4S. The third kappa shape index (κ3) is 5.17. The van der Waals surface area contributed by atoms with E-state index in [1.165, 1.54) is 6.26 Å². The van der Waals surface area contributed by atoms with Crippen molar-refractivity contribution < 1.29 is 17.9 Å². The van der Waals surface area contributed by atoms with Gasteiger partial charge >= 0.3 is 0 Å². The molecule has 6 atom stereocenters. The van der Waals surface area contributed by atoms with Crippen molar-refractivity contribution in [2.24, 2.45) is 11.3 Å². The second-order valence-corrected chi connectivity index (χ2v) is 14.2. The van der Waals surface area contributed by atoms with Gasteiger partial charge in [0.2, 0.25) is 10.0 Å². The highest BCUT2D eigenvalue weighted by Crippen LogP contribution is 2.44. The Morgan fingerprint density at radius 3 is 2.38 bits per heavy atom. The van der Waals surface area contributed by atoms with Gasteiger partial charge in [0.1, 0.15) is 5.82 Å². The lowest BCUT2D eigenvalue weighted by Gasteiger charge is -2.59. The number of fused-ring (bicyclic) bond motifs is 1. The van der Waals surface area contributed by atoms with Gasteiger partial charge in [-0.15, -0.1) is 0 Å². The molecule has 4 fully saturated rings. The number of nitrogens with zero attached hydrogens (tertiary/aromatic N) is 4. The van der Waals surface area contributed by atoms with Crippen LogP contribution in [0, 0.1) is 11.3 Å². The molecule has 3 aliphatic heterocycles. The van der Waals surface area contributed by atoms with E-state index >= 15 is 0 Å². The van der Waals surface area contributed by atoms with Crippen LogP contribution >= 0.6 is 23.2 Å². The Morgan fingerprint density at radius 2 is 1.77 bits per heavy atom. The predicted octanol–water partition coefficient (Wildman–Crippen LogP) is 2.95. The summed E-state index contributed by atoms with van der Waals surface area (Å²) in [6, 6.07) is 4.53. The van der Waals surface area contributed by atoms with Gasteiger partial charge in [-0.1, -0.05) is 29.3 Å². The van der Waals surface area contributed by atoms with E-state index in [0.29, 0.717) is 23.1 Å². The minimum absolute atomic E-state index is 0.0643. The van der Waals surface area contributed by atoms with Crippen LogP contribution in [0.25, 0.3) is 0 Å². The van der Waals surface area contributed by atoms with Crippen LogP contribution in [0.5, 0.6) is 0 Å². The van der Waals surface area contributed by atoms with E-state index < -0.39 is 10.0 Å². The summed E-state index contributed by atoms with van der Waals surface area (Å²) >= 11 is 12.8. The highest BCUT2D eigenvalue weighted by molar-refractivity contribution is 7.88. The van der Waals surface area contributed by atoms with E-state index in [1.54, 1.807) is 23.8 Å². The molecule has 1 aliphatic carbocycles. The standard InChI is InChI=1S/C26H34Cl2N6O4S/c1-15(24-18(27)9-29-10-19(24)28)38-22-6-17-20(7-21(22)37-2)31-32-25(17)16-4-5-23(30-8-16)33-11-26(12-33)13-34(14-26)39(3,35)36/h4-5,8-10,15,17,20-22,25,31-32H,6-7,11-14H2,1-3H3/t15-,17?,20?,21?,22?,25?/m1/s1. The first-order chi connectivity index (χ1) is 18.6. The SMILES string of the molecule is COC1CC2NNC(c3ccc(N4CC5(C4)CN(S(C)(=O)=O)C5)nc3)C2CC1O[C@H](C)c1c(Cl)cncc1Cl. The molecule has 39 heavy (non-hydrogen) atoms. The summed E-state index contributed by atoms with van der Waals surface area (Å²) in [4.78, 5) is 11.0. The number of ether oxygens (including phenoxy) is 2. The predicted molar refractivity (Wildman–Crippen MR) is 149 cm³/mol. The molecule has 5 unspecified atom stereocenters. The molecule has 2 aromatic rings. The largest absolute Gasteiger partial charge is 0.379 e. The van der Waals surface area contributed by atoms with Gasteiger partial charge in [-0.05, 0) is 37.3 Å². The first-order valence-electron chi connectivity index (χ1n) is 13.2. The van der Waals surface area contributed by atoms with Crippen LogP contribution in [-0.2, 0) is 19.5 Å². The van der Waals surface area contributed by atoms with Gasteiger partial charge in [0, 0.05) is 68.9 Å². The normalized spacial score (nSPS) is 31.0. The average molecular weight is 598 g/mol. The zero-order valence-electron chi connectivity index (χ0n) is 22.2. The fourth-order valence-corrected chi connectivity index (χ4v) is 8.38. The Labute approximate surface area is 239 Å². The van der Waals surface area contributed by atoms with Crippen molar-refractivity contribution >= 4 is 39.0 Å². The van der Waals surface area contributed by atoms with Crippen molar-refractivity contribution in [3.05, 3.63) is 51.9 Å². The van der Waals surface area contributed by atoms with Gasteiger partial charge in [-0.2, -0.15) is 0 Å². The lowest BCUT2D eigenvalue weighted by molar-refractivity contribution is -0.117. The van der Waals surface area contributed by atoms with Crippen LogP contribution in [0.4, 0.5) is 5.82 Å². The molecular weight excluding hydrogens is 563 g/mol. The Bertz CT molecular complexity index is 1300. The summed E-state index contributed by atoms with van der Waals surface area (Å²) in [5.41, 5.74) is 8.88. The summed E-state index contributed by atoms with van der Waals surface area (Å²) in [5, 5.41) is 0.980. The number of pyridine rings is 2. The number of anilines is 1. The summed E-state index contributed by atoms with van der Waals surface area (Å²) in [5.74, 6) is 1.21. The van der Waals surface area contributed by atoms with Gasteiger partial charge in [-0.25, -0.2) is 23.1 Å². The quantitative estimate of drug-likeness (QED) is 0.498. The highest BCUT2D eigenvalue weighted by atomic mass is 35.5. The van der Waals surface area contributed by atoms with Crippen molar-refractivity contribution in [1.29, 1.82) is 0 Å². The van der Waals surface area contributed by atoms with E-state index in [2.05, 4.69) is 32.9 Å². The lowest BCUT2D eigenvalue weighted by atomic mass is 9.74. The number of sulfonamides is 1. The minimum Gasteiger partial charge on any atom is -0.379 e. The Morgan fingerprint density at radius 1 is 1.05 bits per heavy atom. The highest BCUT2D eigenvalue weighted by Gasteiger charge is 2.54. The third-order valence-electron chi connectivity index (χ3n) is 8.75. The molecule has 13 heteroatoms. The molecule has 0 amide bonds. The molecule has 2 N–H and O–H groups in total. The van der Waals surface area contributed by atoms with E-state index in [9.17, 15) is 8.42 Å². The number of hydrazine groups is 1. The second kappa shape index (κ2) is 10.4. The first-order valence-corrected chi connectivity index (χ1v) is 15.8. The van der Waals surface area contributed by atoms with Crippen LogP contribution < -0.4 is 15.8 Å². The van der Waals surface area contributed by atoms with Gasteiger partial charge in [0.15, 0.2) is 0 Å². The molecule has 0 aromatic carbocycles. The number of nitrogens with one attached hydrogen (secondary N) is 2. The Hall–Kier alpha value is -1.57. The van der Waals surface area contributed by atoms with Crippen molar-refractivity contribution in [3.8, 4) is 0 Å². The monoisotopic (exact) mass is 596 g/mol. The molecule has 0 bridgehead atoms. The van der Waals surface area contributed by atoms with Crippen LogP contribution in [0.15, 0.2) is 30.7 Å². The van der Waals surface area contributed by atoms with Crippen LogP contribution in [0.2, 0.25) is 10.0 Å². The van der Waals surface area contributed by atoms with Crippen LogP contribution in [-0.4, -0.2) is 80.5 Å². The summed E-state index contributed by atoms with van der Waals surface area (Å²) in [7, 11) is -1.37. The molecule has 4 aliphatic rings. The maximum atomic E-state index is 11.7. The summed E-state index contributed by atoms with van der Waals surface area (Å²) in [6.45, 7) is 4.83. The molecule has 1 spiro atoms. The van der Waals surface area contributed by atoms with Crippen LogP contribution in [0.1, 0.15) is 43.0 Å². The Kier molecular flexibility index (Phi) is 7.33. The fourth-order valence-electron chi connectivity index (χ4n) is 6.69. The third-order valence-corrected chi connectivity index (χ3v) is 10.6. The van der Waals surface area contributed by atoms with Crippen molar-refractivity contribution in [3.63, 3.8) is 0 Å². The molecule has 10 nitrogen and oxygen atoms in total. The van der Waals surface area contributed by atoms with E-state index in [0.717, 1.165) is 42.9 Å². The smallest absolute Gasteiger partial charge is 0.211 e. The van der Waals surface area contributed by atoms with E-state index in [4.69, 9.17) is 37.7 Å². The fraction of sp³-hybridized carbons (Fsp3) is 0.615.